The third kappa shape index (κ3) is 4.06. The van der Waals surface area contributed by atoms with Crippen LogP contribution in [0.3, 0.4) is 0 Å². The van der Waals surface area contributed by atoms with Crippen molar-refractivity contribution in [1.82, 2.24) is 10.6 Å². The van der Waals surface area contributed by atoms with Crippen molar-refractivity contribution in [3.8, 4) is 0 Å². The van der Waals surface area contributed by atoms with Crippen molar-refractivity contribution in [2.75, 3.05) is 24.5 Å². The van der Waals surface area contributed by atoms with Crippen LogP contribution in [0, 0.1) is 11.8 Å². The zero-order chi connectivity index (χ0) is 17.1. The first-order chi connectivity index (χ1) is 11.5. The Bertz CT molecular complexity index is 643. The maximum absolute atomic E-state index is 12.2. The van der Waals surface area contributed by atoms with Crippen LogP contribution in [0.4, 0.5) is 5.69 Å². The fraction of sp³-hybridized carbons (Fsp3) is 0.471. The molecule has 7 heteroatoms. The van der Waals surface area contributed by atoms with E-state index >= 15 is 0 Å². The molecule has 0 bridgehead atoms. The van der Waals surface area contributed by atoms with Gasteiger partial charge in [-0.15, -0.1) is 0 Å². The normalized spacial score (nSPS) is 20.1. The van der Waals surface area contributed by atoms with Crippen molar-refractivity contribution in [1.29, 1.82) is 0 Å². The topological polar surface area (TPSA) is 78.5 Å². The highest BCUT2D eigenvalue weighted by molar-refractivity contribution is 6.30. The summed E-state index contributed by atoms with van der Waals surface area (Å²) in [5.74, 6) is -0.359. The van der Waals surface area contributed by atoms with Crippen molar-refractivity contribution in [3.05, 3.63) is 29.3 Å². The zero-order valence-electron chi connectivity index (χ0n) is 13.3. The molecule has 0 aromatic heterocycles. The molecule has 24 heavy (non-hydrogen) atoms. The van der Waals surface area contributed by atoms with Crippen LogP contribution >= 0.6 is 11.6 Å². The number of benzene rings is 1. The summed E-state index contributed by atoms with van der Waals surface area (Å²) in [5.41, 5.74) is 0.747. The van der Waals surface area contributed by atoms with Crippen LogP contribution in [-0.2, 0) is 14.4 Å². The third-order valence-electron chi connectivity index (χ3n) is 4.31. The Balaban J connectivity index is 1.45. The van der Waals surface area contributed by atoms with E-state index < -0.39 is 0 Å². The van der Waals surface area contributed by atoms with Gasteiger partial charge in [-0.05, 0) is 37.1 Å². The predicted octanol–water partition coefficient (Wildman–Crippen LogP) is 1.34. The highest BCUT2D eigenvalue weighted by atomic mass is 35.5. The summed E-state index contributed by atoms with van der Waals surface area (Å²) in [6.07, 6.45) is 2.12. The van der Waals surface area contributed by atoms with Gasteiger partial charge in [0.15, 0.2) is 0 Å². The highest BCUT2D eigenvalue weighted by Gasteiger charge is 2.35. The van der Waals surface area contributed by atoms with E-state index in [1.807, 2.05) is 0 Å². The molecule has 1 saturated heterocycles. The molecular formula is C17H20ClN3O3. The number of amides is 3. The average molecular weight is 350 g/mol. The van der Waals surface area contributed by atoms with E-state index in [1.165, 1.54) is 0 Å². The number of hydrogen-bond donors (Lipinski definition) is 2. The molecule has 128 valence electrons. The fourth-order valence-corrected chi connectivity index (χ4v) is 2.89. The Morgan fingerprint density at radius 3 is 2.21 bits per heavy atom. The van der Waals surface area contributed by atoms with Gasteiger partial charge < -0.3 is 15.5 Å². The van der Waals surface area contributed by atoms with Crippen molar-refractivity contribution in [2.24, 2.45) is 11.8 Å². The molecule has 2 aliphatic rings. The lowest BCUT2D eigenvalue weighted by Crippen LogP contribution is -2.38. The lowest BCUT2D eigenvalue weighted by Gasteiger charge is -2.16. The number of carbonyl (C=O) groups is 3. The van der Waals surface area contributed by atoms with E-state index in [4.69, 9.17) is 11.6 Å². The maximum Gasteiger partial charge on any atom is 0.227 e. The molecule has 3 rings (SSSR count). The van der Waals surface area contributed by atoms with Gasteiger partial charge >= 0.3 is 0 Å². The second kappa shape index (κ2) is 7.21. The minimum Gasteiger partial charge on any atom is -0.354 e. The molecule has 3 amide bonds. The van der Waals surface area contributed by atoms with Crippen molar-refractivity contribution >= 4 is 35.0 Å². The molecule has 1 heterocycles. The Hall–Kier alpha value is -2.08. The van der Waals surface area contributed by atoms with E-state index in [0.29, 0.717) is 24.7 Å². The summed E-state index contributed by atoms with van der Waals surface area (Å²) in [4.78, 5) is 37.4. The van der Waals surface area contributed by atoms with Crippen LogP contribution in [0.5, 0.6) is 0 Å². The van der Waals surface area contributed by atoms with Gasteiger partial charge in [-0.3, -0.25) is 14.4 Å². The van der Waals surface area contributed by atoms with E-state index in [1.54, 1.807) is 29.2 Å². The molecule has 0 radical (unpaired) electrons. The smallest absolute Gasteiger partial charge is 0.227 e. The van der Waals surface area contributed by atoms with E-state index in [9.17, 15) is 14.4 Å². The van der Waals surface area contributed by atoms with Crippen LogP contribution in [0.25, 0.3) is 0 Å². The second-order valence-electron chi connectivity index (χ2n) is 6.24. The number of halogens is 1. The summed E-state index contributed by atoms with van der Waals surface area (Å²) in [7, 11) is 0. The number of carbonyl (C=O) groups excluding carboxylic acids is 3. The van der Waals surface area contributed by atoms with E-state index in [-0.39, 0.29) is 36.0 Å². The Morgan fingerprint density at radius 2 is 1.62 bits per heavy atom. The Morgan fingerprint density at radius 1 is 1.04 bits per heavy atom. The molecule has 6 nitrogen and oxygen atoms in total. The maximum atomic E-state index is 12.2. The van der Waals surface area contributed by atoms with Crippen LogP contribution < -0.4 is 15.5 Å². The summed E-state index contributed by atoms with van der Waals surface area (Å²) < 4.78 is 0. The van der Waals surface area contributed by atoms with Crippen LogP contribution in [0.2, 0.25) is 5.02 Å². The first-order valence-corrected chi connectivity index (χ1v) is 8.54. The van der Waals surface area contributed by atoms with Gasteiger partial charge in [-0.2, -0.15) is 0 Å². The molecule has 0 spiro atoms. The molecule has 1 aliphatic heterocycles. The van der Waals surface area contributed by atoms with Gasteiger partial charge in [0.2, 0.25) is 17.7 Å². The number of anilines is 1. The largest absolute Gasteiger partial charge is 0.354 e. The van der Waals surface area contributed by atoms with E-state index in [2.05, 4.69) is 10.6 Å². The number of nitrogens with zero attached hydrogens (tertiary/aromatic N) is 1. The number of rotatable bonds is 6. The standard InChI is InChI=1S/C17H20ClN3O3/c18-13-3-5-14(6-4-13)21-10-12(9-15(21)22)17(24)20-8-7-19-16(23)11-1-2-11/h3-6,11-12H,1-2,7-10H2,(H,19,23)(H,20,24). The molecule has 2 N–H and O–H groups in total. The van der Waals surface area contributed by atoms with Gasteiger partial charge in [-0.1, -0.05) is 11.6 Å². The molecule has 1 atom stereocenters. The average Bonchev–Trinajstić information content (AvgIpc) is 3.35. The van der Waals surface area contributed by atoms with Crippen LogP contribution in [0.1, 0.15) is 19.3 Å². The fourth-order valence-electron chi connectivity index (χ4n) is 2.76. The summed E-state index contributed by atoms with van der Waals surface area (Å²) in [6.45, 7) is 1.16. The minimum atomic E-state index is -0.368. The van der Waals surface area contributed by atoms with Crippen molar-refractivity contribution in [2.45, 2.75) is 19.3 Å². The molecule has 1 aromatic carbocycles. The second-order valence-corrected chi connectivity index (χ2v) is 6.67. The Kier molecular flexibility index (Phi) is 5.04. The van der Waals surface area contributed by atoms with Gasteiger partial charge in [-0.25, -0.2) is 0 Å². The van der Waals surface area contributed by atoms with Gasteiger partial charge in [0.1, 0.15) is 0 Å². The minimum absolute atomic E-state index is 0.0641. The summed E-state index contributed by atoms with van der Waals surface area (Å²) in [5, 5.41) is 6.19. The number of hydrogen-bond acceptors (Lipinski definition) is 3. The number of nitrogens with one attached hydrogen (secondary N) is 2. The molecule has 1 unspecified atom stereocenters. The van der Waals surface area contributed by atoms with Crippen molar-refractivity contribution < 1.29 is 14.4 Å². The van der Waals surface area contributed by atoms with Crippen LogP contribution in [-0.4, -0.2) is 37.4 Å². The van der Waals surface area contributed by atoms with Crippen molar-refractivity contribution in [3.63, 3.8) is 0 Å². The van der Waals surface area contributed by atoms with Gasteiger partial charge in [0.05, 0.1) is 5.92 Å². The lowest BCUT2D eigenvalue weighted by atomic mass is 10.1. The third-order valence-corrected chi connectivity index (χ3v) is 4.56. The van der Waals surface area contributed by atoms with E-state index in [0.717, 1.165) is 18.5 Å². The molecule has 1 aromatic rings. The SMILES string of the molecule is O=C(NCCNC(=O)C1CC(=O)N(c2ccc(Cl)cc2)C1)C1CC1. The summed E-state index contributed by atoms with van der Waals surface area (Å²) >= 11 is 5.85. The van der Waals surface area contributed by atoms with Gasteiger partial charge in [0.25, 0.3) is 0 Å². The highest BCUT2D eigenvalue weighted by Crippen LogP contribution is 2.28. The molecule has 1 saturated carbocycles. The molecule has 1 aliphatic carbocycles. The first kappa shape index (κ1) is 16.8. The predicted molar refractivity (Wildman–Crippen MR) is 90.7 cm³/mol. The molecule has 2 fully saturated rings. The monoisotopic (exact) mass is 349 g/mol. The first-order valence-electron chi connectivity index (χ1n) is 8.16. The zero-order valence-corrected chi connectivity index (χ0v) is 14.0. The summed E-state index contributed by atoms with van der Waals surface area (Å²) in [6, 6.07) is 6.99. The Labute approximate surface area is 145 Å². The lowest BCUT2D eigenvalue weighted by molar-refractivity contribution is -0.126. The van der Waals surface area contributed by atoms with Crippen LogP contribution in [0.15, 0.2) is 24.3 Å². The molecular weight excluding hydrogens is 330 g/mol. The quantitative estimate of drug-likeness (QED) is 0.761. The van der Waals surface area contributed by atoms with Gasteiger partial charge in [0, 0.05) is 42.7 Å².